The highest BCUT2D eigenvalue weighted by molar-refractivity contribution is 7.89. The van der Waals surface area contributed by atoms with Crippen molar-refractivity contribution in [2.24, 2.45) is 0 Å². The second-order valence-corrected chi connectivity index (χ2v) is 13.0. The summed E-state index contributed by atoms with van der Waals surface area (Å²) in [7, 11) is -0.391. The smallest absolute Gasteiger partial charge is 0.247 e. The van der Waals surface area contributed by atoms with Crippen molar-refractivity contribution in [3.8, 4) is 11.5 Å². The lowest BCUT2D eigenvalue weighted by molar-refractivity contribution is -0.141. The molecule has 1 saturated carbocycles. The Labute approximate surface area is 270 Å². The Hall–Kier alpha value is -4.67. The average molecular weight is 642 g/mol. The number of rotatable bonds is 15. The molecule has 0 unspecified atom stereocenters. The molecule has 0 saturated heterocycles. The van der Waals surface area contributed by atoms with Crippen LogP contribution in [0.5, 0.6) is 11.5 Å². The molecule has 0 heterocycles. The first kappa shape index (κ1) is 32.7. The number of sulfonamides is 1. The third-order valence-corrected chi connectivity index (χ3v) is 9.45. The van der Waals surface area contributed by atoms with Crippen LogP contribution >= 0.6 is 0 Å². The standard InChI is InChI=1S/C36H39N3O6S/c1-44-31-19-12-27(13-20-31)25-39(34(40)23-16-26-14-21-32(22-15-26)46(42,43)38-30-17-18-30)35(28-8-4-3-5-9-28)36(41)37-24-29-10-6-7-11-33(29)45-2/h3-15,19-22,30,35,38H,16-18,23-25H2,1-2H3,(H,37,41)/t35-/m0/s1. The Kier molecular flexibility index (Phi) is 10.7. The molecule has 4 aromatic rings. The van der Waals surface area contributed by atoms with Gasteiger partial charge in [-0.15, -0.1) is 0 Å². The van der Waals surface area contributed by atoms with Gasteiger partial charge < -0.3 is 19.7 Å². The zero-order valence-electron chi connectivity index (χ0n) is 26.0. The molecule has 0 spiro atoms. The van der Waals surface area contributed by atoms with Gasteiger partial charge in [-0.3, -0.25) is 9.59 Å². The Bertz CT molecular complexity index is 1720. The lowest BCUT2D eigenvalue weighted by Crippen LogP contribution is -2.43. The minimum Gasteiger partial charge on any atom is -0.497 e. The molecule has 2 N–H and O–H groups in total. The predicted molar refractivity (Wildman–Crippen MR) is 176 cm³/mol. The van der Waals surface area contributed by atoms with Crippen molar-refractivity contribution in [2.45, 2.75) is 55.8 Å². The number of hydrogen-bond donors (Lipinski definition) is 2. The molecule has 10 heteroatoms. The molecular formula is C36H39N3O6S. The molecule has 240 valence electrons. The number of hydrogen-bond acceptors (Lipinski definition) is 6. The number of amides is 2. The van der Waals surface area contributed by atoms with E-state index in [0.717, 1.165) is 29.5 Å². The van der Waals surface area contributed by atoms with E-state index in [1.54, 1.807) is 43.4 Å². The number of aryl methyl sites for hydroxylation is 1. The maximum absolute atomic E-state index is 14.1. The Morgan fingerprint density at radius 3 is 2.13 bits per heavy atom. The number of nitrogens with one attached hydrogen (secondary N) is 2. The molecule has 0 bridgehead atoms. The highest BCUT2D eigenvalue weighted by Gasteiger charge is 2.32. The van der Waals surface area contributed by atoms with Crippen LogP contribution in [0.1, 0.15) is 47.6 Å². The van der Waals surface area contributed by atoms with E-state index >= 15 is 0 Å². The zero-order chi connectivity index (χ0) is 32.5. The first-order chi connectivity index (χ1) is 22.3. The maximum Gasteiger partial charge on any atom is 0.247 e. The normalized spacial score (nSPS) is 13.4. The molecule has 46 heavy (non-hydrogen) atoms. The first-order valence-corrected chi connectivity index (χ1v) is 16.7. The van der Waals surface area contributed by atoms with E-state index in [4.69, 9.17) is 9.47 Å². The van der Waals surface area contributed by atoms with E-state index < -0.39 is 16.1 Å². The summed E-state index contributed by atoms with van der Waals surface area (Å²) >= 11 is 0. The van der Waals surface area contributed by atoms with Crippen molar-refractivity contribution in [1.82, 2.24) is 14.9 Å². The quantitative estimate of drug-likeness (QED) is 0.185. The largest absolute Gasteiger partial charge is 0.497 e. The fourth-order valence-corrected chi connectivity index (χ4v) is 6.51. The van der Waals surface area contributed by atoms with Crippen molar-refractivity contribution in [3.63, 3.8) is 0 Å². The minimum absolute atomic E-state index is 0.0171. The monoisotopic (exact) mass is 641 g/mol. The van der Waals surface area contributed by atoms with Crippen LogP contribution in [0.4, 0.5) is 0 Å². The van der Waals surface area contributed by atoms with Gasteiger partial charge in [0.05, 0.1) is 19.1 Å². The van der Waals surface area contributed by atoms with Gasteiger partial charge in [-0.1, -0.05) is 72.8 Å². The van der Waals surface area contributed by atoms with Crippen LogP contribution < -0.4 is 19.5 Å². The van der Waals surface area contributed by atoms with E-state index in [-0.39, 0.29) is 42.3 Å². The Balaban J connectivity index is 1.39. The lowest BCUT2D eigenvalue weighted by Gasteiger charge is -2.32. The molecule has 0 aromatic heterocycles. The fourth-order valence-electron chi connectivity index (χ4n) is 5.21. The summed E-state index contributed by atoms with van der Waals surface area (Å²) in [6, 6.07) is 29.8. The van der Waals surface area contributed by atoms with Gasteiger partial charge >= 0.3 is 0 Å². The van der Waals surface area contributed by atoms with Crippen molar-refractivity contribution in [2.75, 3.05) is 14.2 Å². The van der Waals surface area contributed by atoms with Crippen LogP contribution in [0.15, 0.2) is 108 Å². The van der Waals surface area contributed by atoms with Gasteiger partial charge in [-0.25, -0.2) is 13.1 Å². The number of carbonyl (C=O) groups excluding carboxylic acids is 2. The van der Waals surface area contributed by atoms with Gasteiger partial charge in [0.2, 0.25) is 21.8 Å². The molecule has 1 atom stereocenters. The van der Waals surface area contributed by atoms with Crippen LogP contribution in [-0.2, 0) is 39.1 Å². The molecule has 1 aliphatic rings. The van der Waals surface area contributed by atoms with Gasteiger partial charge in [-0.05, 0) is 66.3 Å². The summed E-state index contributed by atoms with van der Waals surface area (Å²) in [5, 5.41) is 3.03. The predicted octanol–water partition coefficient (Wildman–Crippen LogP) is 5.16. The van der Waals surface area contributed by atoms with E-state index in [2.05, 4.69) is 10.0 Å². The van der Waals surface area contributed by atoms with Gasteiger partial charge in [0, 0.05) is 31.1 Å². The molecule has 0 radical (unpaired) electrons. The molecule has 9 nitrogen and oxygen atoms in total. The highest BCUT2D eigenvalue weighted by atomic mass is 32.2. The minimum atomic E-state index is -3.57. The van der Waals surface area contributed by atoms with Gasteiger partial charge in [-0.2, -0.15) is 0 Å². The molecule has 5 rings (SSSR count). The average Bonchev–Trinajstić information content (AvgIpc) is 3.90. The number of nitrogens with zero attached hydrogens (tertiary/aromatic N) is 1. The van der Waals surface area contributed by atoms with Crippen molar-refractivity contribution >= 4 is 21.8 Å². The maximum atomic E-state index is 14.1. The third kappa shape index (κ3) is 8.52. The topological polar surface area (TPSA) is 114 Å². The summed E-state index contributed by atoms with van der Waals surface area (Å²) in [6.07, 6.45) is 2.20. The SMILES string of the molecule is COc1ccc(CN(C(=O)CCc2ccc(S(=O)(=O)NC3CC3)cc2)[C@H](C(=O)NCc2ccccc2OC)c2ccccc2)cc1. The molecule has 1 aliphatic carbocycles. The van der Waals surface area contributed by atoms with E-state index in [9.17, 15) is 18.0 Å². The van der Waals surface area contributed by atoms with Gasteiger partial charge in [0.15, 0.2) is 0 Å². The first-order valence-electron chi connectivity index (χ1n) is 15.3. The summed E-state index contributed by atoms with van der Waals surface area (Å²) in [6.45, 7) is 0.413. The second kappa shape index (κ2) is 15.1. The Morgan fingerprint density at radius 1 is 0.826 bits per heavy atom. The lowest BCUT2D eigenvalue weighted by atomic mass is 10.0. The summed E-state index contributed by atoms with van der Waals surface area (Å²) in [5.74, 6) is 0.807. The Morgan fingerprint density at radius 2 is 1.48 bits per heavy atom. The van der Waals surface area contributed by atoms with Crippen LogP contribution in [0.3, 0.4) is 0 Å². The van der Waals surface area contributed by atoms with Crippen molar-refractivity contribution in [3.05, 3.63) is 125 Å². The zero-order valence-corrected chi connectivity index (χ0v) is 26.8. The van der Waals surface area contributed by atoms with Gasteiger partial charge in [0.25, 0.3) is 0 Å². The van der Waals surface area contributed by atoms with E-state index in [0.29, 0.717) is 23.5 Å². The van der Waals surface area contributed by atoms with Crippen LogP contribution in [-0.4, -0.2) is 45.4 Å². The van der Waals surface area contributed by atoms with Crippen molar-refractivity contribution in [1.29, 1.82) is 0 Å². The highest BCUT2D eigenvalue weighted by Crippen LogP contribution is 2.27. The number of methoxy groups -OCH3 is 2. The number of carbonyl (C=O) groups is 2. The van der Waals surface area contributed by atoms with E-state index in [1.165, 1.54) is 0 Å². The van der Waals surface area contributed by atoms with E-state index in [1.807, 2.05) is 78.9 Å². The van der Waals surface area contributed by atoms with Gasteiger partial charge in [0.1, 0.15) is 17.5 Å². The third-order valence-electron chi connectivity index (χ3n) is 7.91. The van der Waals surface area contributed by atoms with Crippen LogP contribution in [0.25, 0.3) is 0 Å². The van der Waals surface area contributed by atoms with Crippen LogP contribution in [0, 0.1) is 0 Å². The molecule has 4 aromatic carbocycles. The number of para-hydroxylation sites is 1. The van der Waals surface area contributed by atoms with Crippen molar-refractivity contribution < 1.29 is 27.5 Å². The number of ether oxygens (including phenoxy) is 2. The summed E-state index contributed by atoms with van der Waals surface area (Å²) in [4.78, 5) is 29.9. The molecule has 0 aliphatic heterocycles. The summed E-state index contributed by atoms with van der Waals surface area (Å²) in [5.41, 5.74) is 3.15. The molecule has 2 amide bonds. The van der Waals surface area contributed by atoms with Crippen LogP contribution in [0.2, 0.25) is 0 Å². The fraction of sp³-hybridized carbons (Fsp3) is 0.278. The second-order valence-electron chi connectivity index (χ2n) is 11.3. The molecular weight excluding hydrogens is 602 g/mol. The number of benzene rings is 4. The summed E-state index contributed by atoms with van der Waals surface area (Å²) < 4.78 is 38.6. The molecule has 1 fully saturated rings.